The van der Waals surface area contributed by atoms with E-state index in [1.165, 1.54) is 12.1 Å². The quantitative estimate of drug-likeness (QED) is 0.761. The molecule has 1 rings (SSSR count). The third-order valence-electron chi connectivity index (χ3n) is 2.38. The lowest BCUT2D eigenvalue weighted by molar-refractivity contribution is 0.294. The molecular formula is C11H14BrF2N. The summed E-state index contributed by atoms with van der Waals surface area (Å²) in [5.41, 5.74) is 0.776. The second kappa shape index (κ2) is 5.56. The van der Waals surface area contributed by atoms with Gasteiger partial charge in [0.15, 0.2) is 11.6 Å². The van der Waals surface area contributed by atoms with Crippen LogP contribution >= 0.6 is 15.9 Å². The van der Waals surface area contributed by atoms with Crippen LogP contribution in [0.15, 0.2) is 16.6 Å². The standard InChI is InChI=1S/C11H14BrF2N/c1-3-15(4-2)7-8-5-10(13)11(14)6-9(8)12/h5-6H,3-4,7H2,1-2H3. The third-order valence-corrected chi connectivity index (χ3v) is 3.12. The average molecular weight is 278 g/mol. The summed E-state index contributed by atoms with van der Waals surface area (Å²) >= 11 is 3.23. The smallest absolute Gasteiger partial charge is 0.159 e. The molecule has 0 fully saturated rings. The molecule has 0 aromatic heterocycles. The monoisotopic (exact) mass is 277 g/mol. The van der Waals surface area contributed by atoms with E-state index in [1.807, 2.05) is 13.8 Å². The van der Waals surface area contributed by atoms with Gasteiger partial charge in [-0.25, -0.2) is 8.78 Å². The topological polar surface area (TPSA) is 3.24 Å². The fraction of sp³-hybridized carbons (Fsp3) is 0.455. The lowest BCUT2D eigenvalue weighted by atomic mass is 10.2. The van der Waals surface area contributed by atoms with Gasteiger partial charge in [-0.1, -0.05) is 29.8 Å². The fourth-order valence-corrected chi connectivity index (χ4v) is 1.81. The third kappa shape index (κ3) is 3.24. The maximum absolute atomic E-state index is 13.0. The first-order valence-corrected chi connectivity index (χ1v) is 5.73. The van der Waals surface area contributed by atoms with Crippen LogP contribution in [0.5, 0.6) is 0 Å². The summed E-state index contributed by atoms with van der Waals surface area (Å²) in [6.45, 7) is 6.49. The summed E-state index contributed by atoms with van der Waals surface area (Å²) < 4.78 is 26.5. The van der Waals surface area contributed by atoms with Crippen LogP contribution in [-0.2, 0) is 6.54 Å². The van der Waals surface area contributed by atoms with Gasteiger partial charge >= 0.3 is 0 Å². The summed E-state index contributed by atoms with van der Waals surface area (Å²) in [5.74, 6) is -1.61. The maximum Gasteiger partial charge on any atom is 0.159 e. The van der Waals surface area contributed by atoms with Crippen molar-refractivity contribution in [2.75, 3.05) is 13.1 Å². The summed E-state index contributed by atoms with van der Waals surface area (Å²) in [4.78, 5) is 2.14. The molecule has 0 amide bonds. The zero-order valence-electron chi connectivity index (χ0n) is 8.86. The predicted octanol–water partition coefficient (Wildman–Crippen LogP) is 3.57. The molecule has 0 N–H and O–H groups in total. The van der Waals surface area contributed by atoms with E-state index in [1.54, 1.807) is 0 Å². The van der Waals surface area contributed by atoms with Crippen molar-refractivity contribution in [1.82, 2.24) is 4.90 Å². The Morgan fingerprint density at radius 1 is 1.13 bits per heavy atom. The molecule has 0 saturated carbocycles. The molecule has 0 heterocycles. The number of hydrogen-bond acceptors (Lipinski definition) is 1. The molecule has 84 valence electrons. The van der Waals surface area contributed by atoms with Crippen molar-refractivity contribution in [1.29, 1.82) is 0 Å². The van der Waals surface area contributed by atoms with Crippen LogP contribution in [0.3, 0.4) is 0 Å². The highest BCUT2D eigenvalue weighted by molar-refractivity contribution is 9.10. The lowest BCUT2D eigenvalue weighted by Gasteiger charge is -2.18. The second-order valence-electron chi connectivity index (χ2n) is 3.32. The number of benzene rings is 1. The first kappa shape index (κ1) is 12.6. The minimum absolute atomic E-state index is 0.619. The predicted molar refractivity (Wildman–Crippen MR) is 60.7 cm³/mol. The molecular weight excluding hydrogens is 264 g/mol. The molecule has 0 aliphatic heterocycles. The molecule has 1 aromatic carbocycles. The van der Waals surface area contributed by atoms with Crippen molar-refractivity contribution in [2.45, 2.75) is 20.4 Å². The van der Waals surface area contributed by atoms with E-state index in [-0.39, 0.29) is 0 Å². The minimum Gasteiger partial charge on any atom is -0.300 e. The molecule has 0 spiro atoms. The van der Waals surface area contributed by atoms with E-state index >= 15 is 0 Å². The minimum atomic E-state index is -0.815. The van der Waals surface area contributed by atoms with Crippen molar-refractivity contribution < 1.29 is 8.78 Å². The molecule has 1 nitrogen and oxygen atoms in total. The molecule has 0 aliphatic rings. The molecule has 15 heavy (non-hydrogen) atoms. The van der Waals surface area contributed by atoms with Crippen molar-refractivity contribution in [3.05, 3.63) is 33.8 Å². The second-order valence-corrected chi connectivity index (χ2v) is 4.17. The zero-order chi connectivity index (χ0) is 11.4. The summed E-state index contributed by atoms with van der Waals surface area (Å²) in [7, 11) is 0. The molecule has 0 unspecified atom stereocenters. The van der Waals surface area contributed by atoms with Gasteiger partial charge in [-0.15, -0.1) is 0 Å². The largest absolute Gasteiger partial charge is 0.300 e. The van der Waals surface area contributed by atoms with Crippen molar-refractivity contribution in [2.24, 2.45) is 0 Å². The van der Waals surface area contributed by atoms with Gasteiger partial charge in [-0.2, -0.15) is 0 Å². The molecule has 0 aliphatic carbocycles. The van der Waals surface area contributed by atoms with Crippen LogP contribution in [-0.4, -0.2) is 18.0 Å². The van der Waals surface area contributed by atoms with Crippen molar-refractivity contribution in [3.8, 4) is 0 Å². The van der Waals surface area contributed by atoms with Crippen LogP contribution in [0.4, 0.5) is 8.78 Å². The Hall–Kier alpha value is -0.480. The lowest BCUT2D eigenvalue weighted by Crippen LogP contribution is -2.22. The van der Waals surface area contributed by atoms with E-state index in [0.29, 0.717) is 11.0 Å². The van der Waals surface area contributed by atoms with Crippen LogP contribution in [0.25, 0.3) is 0 Å². The summed E-state index contributed by atoms with van der Waals surface area (Å²) in [6, 6.07) is 2.42. The van der Waals surface area contributed by atoms with Crippen molar-refractivity contribution >= 4 is 15.9 Å². The van der Waals surface area contributed by atoms with Gasteiger partial charge in [0.25, 0.3) is 0 Å². The Bertz CT molecular complexity index is 338. The van der Waals surface area contributed by atoms with Gasteiger partial charge in [0, 0.05) is 11.0 Å². The van der Waals surface area contributed by atoms with E-state index in [0.717, 1.165) is 18.7 Å². The Labute approximate surface area is 97.2 Å². The van der Waals surface area contributed by atoms with Crippen LogP contribution in [0.2, 0.25) is 0 Å². The molecule has 0 saturated heterocycles. The Morgan fingerprint density at radius 2 is 1.67 bits per heavy atom. The van der Waals surface area contributed by atoms with Crippen LogP contribution < -0.4 is 0 Å². The highest BCUT2D eigenvalue weighted by Crippen LogP contribution is 2.21. The van der Waals surface area contributed by atoms with Crippen LogP contribution in [0.1, 0.15) is 19.4 Å². The summed E-state index contributed by atoms with van der Waals surface area (Å²) in [6.07, 6.45) is 0. The van der Waals surface area contributed by atoms with E-state index in [4.69, 9.17) is 0 Å². The highest BCUT2D eigenvalue weighted by atomic mass is 79.9. The SMILES string of the molecule is CCN(CC)Cc1cc(F)c(F)cc1Br. The Kier molecular flexibility index (Phi) is 4.67. The van der Waals surface area contributed by atoms with Crippen LogP contribution in [0, 0.1) is 11.6 Å². The Morgan fingerprint density at radius 3 is 2.20 bits per heavy atom. The Balaban J connectivity index is 2.89. The van der Waals surface area contributed by atoms with Gasteiger partial charge in [-0.05, 0) is 30.8 Å². The zero-order valence-corrected chi connectivity index (χ0v) is 10.4. The van der Waals surface area contributed by atoms with Gasteiger partial charge in [0.05, 0.1) is 0 Å². The number of rotatable bonds is 4. The average Bonchev–Trinajstić information content (AvgIpc) is 2.21. The highest BCUT2D eigenvalue weighted by Gasteiger charge is 2.10. The summed E-state index contributed by atoms with van der Waals surface area (Å²) in [5, 5.41) is 0. The number of nitrogens with zero attached hydrogens (tertiary/aromatic N) is 1. The van der Waals surface area contributed by atoms with E-state index in [9.17, 15) is 8.78 Å². The van der Waals surface area contributed by atoms with Gasteiger partial charge in [0.1, 0.15) is 0 Å². The van der Waals surface area contributed by atoms with E-state index in [2.05, 4.69) is 20.8 Å². The van der Waals surface area contributed by atoms with Gasteiger partial charge in [0.2, 0.25) is 0 Å². The van der Waals surface area contributed by atoms with Crippen molar-refractivity contribution in [3.63, 3.8) is 0 Å². The first-order valence-electron chi connectivity index (χ1n) is 4.94. The molecule has 0 bridgehead atoms. The molecule has 0 radical (unpaired) electrons. The van der Waals surface area contributed by atoms with Gasteiger partial charge in [-0.3, -0.25) is 4.90 Å². The number of hydrogen-bond donors (Lipinski definition) is 0. The maximum atomic E-state index is 13.0. The number of halogens is 3. The van der Waals surface area contributed by atoms with Gasteiger partial charge < -0.3 is 0 Å². The molecule has 4 heteroatoms. The fourth-order valence-electron chi connectivity index (χ4n) is 1.37. The normalized spacial score (nSPS) is 11.1. The molecule has 1 aromatic rings. The molecule has 0 atom stereocenters. The first-order chi connectivity index (χ1) is 7.08. The van der Waals surface area contributed by atoms with E-state index < -0.39 is 11.6 Å².